The molecule has 0 saturated heterocycles. The first-order valence-corrected chi connectivity index (χ1v) is 6.10. The highest BCUT2D eigenvalue weighted by Gasteiger charge is 2.34. The first kappa shape index (κ1) is 14.8. The Morgan fingerprint density at radius 3 is 2.22 bits per heavy atom. The summed E-state index contributed by atoms with van der Waals surface area (Å²) in [5.41, 5.74) is 6.78. The quantitative estimate of drug-likeness (QED) is 0.840. The molecule has 2 atom stereocenters. The second-order valence-corrected chi connectivity index (χ2v) is 4.70. The molecule has 4 nitrogen and oxygen atoms in total. The van der Waals surface area contributed by atoms with Crippen LogP contribution in [0.2, 0.25) is 0 Å². The summed E-state index contributed by atoms with van der Waals surface area (Å²) in [6.07, 6.45) is 0.0367. The molecule has 2 N–H and O–H groups in total. The first-order valence-electron chi connectivity index (χ1n) is 6.10. The number of nitrogens with two attached hydrogens (primary N) is 1. The lowest BCUT2D eigenvalue weighted by molar-refractivity contribution is 0.0579. The molecule has 18 heavy (non-hydrogen) atoms. The predicted molar refractivity (Wildman–Crippen MR) is 75.3 cm³/mol. The van der Waals surface area contributed by atoms with Crippen LogP contribution in [0.25, 0.3) is 0 Å². The largest absolute Gasteiger partial charge is 0.497 e. The third-order valence-electron chi connectivity index (χ3n) is 3.87. The van der Waals surface area contributed by atoms with Gasteiger partial charge in [0.2, 0.25) is 0 Å². The minimum atomic E-state index is -0.247. The third-order valence-corrected chi connectivity index (χ3v) is 3.87. The Labute approximate surface area is 110 Å². The molecule has 102 valence electrons. The van der Waals surface area contributed by atoms with E-state index in [1.54, 1.807) is 14.2 Å². The highest BCUT2D eigenvalue weighted by molar-refractivity contribution is 5.51. The second-order valence-electron chi connectivity index (χ2n) is 4.70. The lowest BCUT2D eigenvalue weighted by Crippen LogP contribution is -2.57. The Bertz CT molecular complexity index is 367. The van der Waals surface area contributed by atoms with Gasteiger partial charge in [0.05, 0.1) is 18.8 Å². The highest BCUT2D eigenvalue weighted by Crippen LogP contribution is 2.27. The van der Waals surface area contributed by atoms with Gasteiger partial charge in [-0.05, 0) is 38.1 Å². The predicted octanol–water partition coefficient (Wildman–Crippen LogP) is 1.88. The van der Waals surface area contributed by atoms with Gasteiger partial charge in [-0.2, -0.15) is 0 Å². The summed E-state index contributed by atoms with van der Waals surface area (Å²) in [7, 11) is 5.40. The minimum Gasteiger partial charge on any atom is -0.497 e. The molecule has 0 aromatic heterocycles. The van der Waals surface area contributed by atoms with Crippen LogP contribution in [0, 0.1) is 0 Å². The molecule has 0 bridgehead atoms. The standard InChI is InChI=1S/C14H24N2O2/c1-11(17-4)14(2,10-15)16(3)12-6-8-13(18-5)9-7-12/h6-9,11H,10,15H2,1-5H3. The maximum Gasteiger partial charge on any atom is 0.119 e. The van der Waals surface area contributed by atoms with E-state index < -0.39 is 0 Å². The Morgan fingerprint density at radius 2 is 1.83 bits per heavy atom. The lowest BCUT2D eigenvalue weighted by Gasteiger charge is -2.43. The summed E-state index contributed by atoms with van der Waals surface area (Å²) in [5.74, 6) is 0.849. The summed E-state index contributed by atoms with van der Waals surface area (Å²) in [6.45, 7) is 4.66. The third kappa shape index (κ3) is 2.76. The van der Waals surface area contributed by atoms with Crippen molar-refractivity contribution in [2.45, 2.75) is 25.5 Å². The Balaban J connectivity index is 2.98. The molecule has 0 spiro atoms. The maximum absolute atomic E-state index is 5.93. The van der Waals surface area contributed by atoms with Crippen LogP contribution in [0.4, 0.5) is 5.69 Å². The summed E-state index contributed by atoms with van der Waals surface area (Å²) in [4.78, 5) is 2.15. The van der Waals surface area contributed by atoms with Gasteiger partial charge in [0.15, 0.2) is 0 Å². The maximum atomic E-state index is 5.93. The van der Waals surface area contributed by atoms with Gasteiger partial charge in [-0.25, -0.2) is 0 Å². The van der Waals surface area contributed by atoms with Crippen molar-refractivity contribution in [2.75, 3.05) is 32.7 Å². The van der Waals surface area contributed by atoms with Crippen molar-refractivity contribution in [2.24, 2.45) is 5.73 Å². The highest BCUT2D eigenvalue weighted by atomic mass is 16.5. The molecule has 1 aromatic carbocycles. The first-order chi connectivity index (χ1) is 8.49. The average Bonchev–Trinajstić information content (AvgIpc) is 2.44. The zero-order valence-corrected chi connectivity index (χ0v) is 11.9. The molecular formula is C14H24N2O2. The van der Waals surface area contributed by atoms with E-state index in [1.807, 2.05) is 38.2 Å². The van der Waals surface area contributed by atoms with Gasteiger partial charge >= 0.3 is 0 Å². The van der Waals surface area contributed by atoms with E-state index in [0.717, 1.165) is 11.4 Å². The molecule has 0 aliphatic rings. The number of benzene rings is 1. The topological polar surface area (TPSA) is 47.7 Å². The summed E-state index contributed by atoms with van der Waals surface area (Å²) in [5, 5.41) is 0. The van der Waals surface area contributed by atoms with Crippen molar-refractivity contribution in [1.29, 1.82) is 0 Å². The fourth-order valence-corrected chi connectivity index (χ4v) is 1.93. The number of methoxy groups -OCH3 is 2. The molecule has 1 rings (SSSR count). The number of nitrogens with zero attached hydrogens (tertiary/aromatic N) is 1. The SMILES string of the molecule is COc1ccc(N(C)C(C)(CN)C(C)OC)cc1. The van der Waals surface area contributed by atoms with Crippen molar-refractivity contribution >= 4 is 5.69 Å². The zero-order valence-electron chi connectivity index (χ0n) is 11.9. The Hall–Kier alpha value is -1.26. The number of hydrogen-bond donors (Lipinski definition) is 1. The molecule has 0 aliphatic carbocycles. The molecule has 0 saturated carbocycles. The fourth-order valence-electron chi connectivity index (χ4n) is 1.93. The molecule has 0 radical (unpaired) electrons. The molecule has 0 amide bonds. The van der Waals surface area contributed by atoms with Crippen molar-refractivity contribution in [3.8, 4) is 5.75 Å². The number of anilines is 1. The van der Waals surface area contributed by atoms with Crippen molar-refractivity contribution < 1.29 is 9.47 Å². The molecule has 0 aliphatic heterocycles. The normalized spacial score (nSPS) is 15.9. The van der Waals surface area contributed by atoms with Crippen LogP contribution in [0.1, 0.15) is 13.8 Å². The van der Waals surface area contributed by atoms with Crippen LogP contribution in [0.5, 0.6) is 5.75 Å². The van der Waals surface area contributed by atoms with Crippen molar-refractivity contribution in [3.63, 3.8) is 0 Å². The number of hydrogen-bond acceptors (Lipinski definition) is 4. The monoisotopic (exact) mass is 252 g/mol. The van der Waals surface area contributed by atoms with E-state index in [0.29, 0.717) is 6.54 Å². The molecule has 2 unspecified atom stereocenters. The van der Waals surface area contributed by atoms with E-state index in [9.17, 15) is 0 Å². The van der Waals surface area contributed by atoms with Crippen LogP contribution in [0.15, 0.2) is 24.3 Å². The summed E-state index contributed by atoms with van der Waals surface area (Å²) < 4.78 is 10.6. The van der Waals surface area contributed by atoms with Gasteiger partial charge in [-0.1, -0.05) is 0 Å². The van der Waals surface area contributed by atoms with E-state index >= 15 is 0 Å². The lowest BCUT2D eigenvalue weighted by atomic mass is 9.93. The van der Waals surface area contributed by atoms with Crippen molar-refractivity contribution in [1.82, 2.24) is 0 Å². The van der Waals surface area contributed by atoms with Gasteiger partial charge in [0.25, 0.3) is 0 Å². The van der Waals surface area contributed by atoms with Crippen LogP contribution in [0.3, 0.4) is 0 Å². The second kappa shape index (κ2) is 6.07. The fraction of sp³-hybridized carbons (Fsp3) is 0.571. The Morgan fingerprint density at radius 1 is 1.28 bits per heavy atom. The summed E-state index contributed by atoms with van der Waals surface area (Å²) in [6, 6.07) is 7.94. The number of rotatable bonds is 6. The smallest absolute Gasteiger partial charge is 0.119 e. The van der Waals surface area contributed by atoms with Crippen molar-refractivity contribution in [3.05, 3.63) is 24.3 Å². The minimum absolute atomic E-state index is 0.0367. The molecule has 4 heteroatoms. The molecular weight excluding hydrogens is 228 g/mol. The van der Waals surface area contributed by atoms with Crippen LogP contribution in [-0.4, -0.2) is 39.5 Å². The van der Waals surface area contributed by atoms with Crippen LogP contribution < -0.4 is 15.4 Å². The summed E-state index contributed by atoms with van der Waals surface area (Å²) >= 11 is 0. The van der Waals surface area contributed by atoms with Crippen LogP contribution in [-0.2, 0) is 4.74 Å². The van der Waals surface area contributed by atoms with E-state index in [2.05, 4.69) is 11.8 Å². The Kier molecular flexibility index (Phi) is 4.99. The number of ether oxygens (including phenoxy) is 2. The van der Waals surface area contributed by atoms with Crippen LogP contribution >= 0.6 is 0 Å². The van der Waals surface area contributed by atoms with Gasteiger partial charge < -0.3 is 20.1 Å². The van der Waals surface area contributed by atoms with Gasteiger partial charge in [-0.15, -0.1) is 0 Å². The molecule has 1 aromatic rings. The van der Waals surface area contributed by atoms with E-state index in [-0.39, 0.29) is 11.6 Å². The van der Waals surface area contributed by atoms with Gasteiger partial charge in [0, 0.05) is 26.4 Å². The van der Waals surface area contributed by atoms with E-state index in [4.69, 9.17) is 15.2 Å². The zero-order chi connectivity index (χ0) is 13.8. The number of likely N-dealkylation sites (N-methyl/N-ethyl adjacent to an activating group) is 1. The molecule has 0 heterocycles. The molecule has 0 fully saturated rings. The average molecular weight is 252 g/mol. The van der Waals surface area contributed by atoms with Gasteiger partial charge in [0.1, 0.15) is 5.75 Å². The van der Waals surface area contributed by atoms with Gasteiger partial charge in [-0.3, -0.25) is 0 Å². The van der Waals surface area contributed by atoms with E-state index in [1.165, 1.54) is 0 Å².